The summed E-state index contributed by atoms with van der Waals surface area (Å²) in [7, 11) is 1.67. The third-order valence-electron chi connectivity index (χ3n) is 4.63. The first-order valence-corrected chi connectivity index (χ1v) is 10.9. The second-order valence-electron chi connectivity index (χ2n) is 7.03. The zero-order valence-electron chi connectivity index (χ0n) is 16.9. The van der Waals surface area contributed by atoms with E-state index < -0.39 is 5.97 Å². The Bertz CT molecular complexity index is 960. The Morgan fingerprint density at radius 2 is 1.83 bits per heavy atom. The van der Waals surface area contributed by atoms with Crippen LogP contribution in [0.3, 0.4) is 0 Å². The third kappa shape index (κ3) is 5.38. The lowest BCUT2D eigenvalue weighted by Gasteiger charge is -2.16. The van der Waals surface area contributed by atoms with Crippen LogP contribution in [0.15, 0.2) is 24.3 Å². The second-order valence-corrected chi connectivity index (χ2v) is 8.54. The summed E-state index contributed by atoms with van der Waals surface area (Å²) in [4.78, 5) is 39.9. The van der Waals surface area contributed by atoms with Gasteiger partial charge in [0.25, 0.3) is 0 Å². The first-order chi connectivity index (χ1) is 14.4. The number of anilines is 2. The molecule has 1 aromatic carbocycles. The Labute approximate surface area is 184 Å². The van der Waals surface area contributed by atoms with Crippen molar-refractivity contribution in [1.82, 2.24) is 4.90 Å². The van der Waals surface area contributed by atoms with E-state index in [1.165, 1.54) is 11.3 Å². The Kier molecular flexibility index (Phi) is 7.47. The van der Waals surface area contributed by atoms with Gasteiger partial charge in [-0.05, 0) is 50.9 Å². The number of nitrogens with one attached hydrogen (secondary N) is 2. The molecule has 0 aliphatic heterocycles. The molecule has 2 aromatic rings. The van der Waals surface area contributed by atoms with Crippen molar-refractivity contribution < 1.29 is 19.1 Å². The molecule has 1 aliphatic rings. The highest BCUT2D eigenvalue weighted by Gasteiger charge is 2.28. The van der Waals surface area contributed by atoms with E-state index in [-0.39, 0.29) is 31.5 Å². The fourth-order valence-corrected chi connectivity index (χ4v) is 4.85. The number of para-hydroxylation sites is 1. The van der Waals surface area contributed by atoms with E-state index in [1.54, 1.807) is 43.1 Å². The van der Waals surface area contributed by atoms with Crippen molar-refractivity contribution in [3.8, 4) is 0 Å². The molecule has 9 heteroatoms. The molecule has 0 unspecified atom stereocenters. The predicted molar refractivity (Wildman–Crippen MR) is 119 cm³/mol. The summed E-state index contributed by atoms with van der Waals surface area (Å²) in [6, 6.07) is 6.95. The molecule has 1 aromatic heterocycles. The van der Waals surface area contributed by atoms with Crippen molar-refractivity contribution in [2.75, 3.05) is 37.4 Å². The standard InChI is InChI=1S/C21H24ClN3O4S/c1-3-29-21(28)19-13-7-6-10-16(13)30-20(19)24-18(27)12-25(2)11-17(26)23-15-9-5-4-8-14(15)22/h4-5,8-9H,3,6-7,10-12H2,1-2H3,(H,23,26)(H,24,27). The zero-order valence-corrected chi connectivity index (χ0v) is 18.5. The normalized spacial score (nSPS) is 12.5. The molecule has 30 heavy (non-hydrogen) atoms. The quantitative estimate of drug-likeness (QED) is 0.601. The van der Waals surface area contributed by atoms with Crippen LogP contribution in [-0.4, -0.2) is 49.4 Å². The molecule has 160 valence electrons. The van der Waals surface area contributed by atoms with Gasteiger partial charge in [0.1, 0.15) is 5.00 Å². The highest BCUT2D eigenvalue weighted by Crippen LogP contribution is 2.39. The fraction of sp³-hybridized carbons (Fsp3) is 0.381. The summed E-state index contributed by atoms with van der Waals surface area (Å²) in [5, 5.41) is 6.52. The van der Waals surface area contributed by atoms with Crippen LogP contribution < -0.4 is 10.6 Å². The number of thiophene rings is 1. The molecule has 0 saturated carbocycles. The van der Waals surface area contributed by atoms with Crippen LogP contribution in [0.5, 0.6) is 0 Å². The summed E-state index contributed by atoms with van der Waals surface area (Å²) in [5.74, 6) is -0.978. The van der Waals surface area contributed by atoms with Gasteiger partial charge in [0.15, 0.2) is 0 Å². The van der Waals surface area contributed by atoms with Crippen LogP contribution in [0.4, 0.5) is 10.7 Å². The van der Waals surface area contributed by atoms with E-state index in [4.69, 9.17) is 16.3 Å². The third-order valence-corrected chi connectivity index (χ3v) is 6.17. The molecule has 2 amide bonds. The minimum atomic E-state index is -0.403. The number of nitrogens with zero attached hydrogens (tertiary/aromatic N) is 1. The highest BCUT2D eigenvalue weighted by atomic mass is 35.5. The lowest BCUT2D eigenvalue weighted by molar-refractivity contribution is -0.119. The topological polar surface area (TPSA) is 87.7 Å². The van der Waals surface area contributed by atoms with Crippen molar-refractivity contribution in [1.29, 1.82) is 0 Å². The number of carbonyl (C=O) groups excluding carboxylic acids is 3. The predicted octanol–water partition coefficient (Wildman–Crippen LogP) is 3.58. The number of aryl methyl sites for hydroxylation is 1. The largest absolute Gasteiger partial charge is 0.462 e. The van der Waals surface area contributed by atoms with Crippen LogP contribution in [0.2, 0.25) is 5.02 Å². The Balaban J connectivity index is 1.58. The summed E-state index contributed by atoms with van der Waals surface area (Å²) in [6.45, 7) is 2.05. The van der Waals surface area contributed by atoms with E-state index in [2.05, 4.69) is 10.6 Å². The van der Waals surface area contributed by atoms with Crippen LogP contribution in [0.1, 0.15) is 34.1 Å². The number of rotatable bonds is 8. The number of esters is 1. The van der Waals surface area contributed by atoms with Crippen molar-refractivity contribution >= 4 is 51.4 Å². The number of likely N-dealkylation sites (N-methyl/N-ethyl adjacent to an activating group) is 1. The summed E-state index contributed by atoms with van der Waals surface area (Å²) < 4.78 is 5.18. The van der Waals surface area contributed by atoms with Gasteiger partial charge in [-0.1, -0.05) is 23.7 Å². The molecular formula is C21H24ClN3O4S. The van der Waals surface area contributed by atoms with Crippen molar-refractivity contribution in [3.05, 3.63) is 45.3 Å². The van der Waals surface area contributed by atoms with Gasteiger partial charge in [0, 0.05) is 4.88 Å². The van der Waals surface area contributed by atoms with Gasteiger partial charge in [-0.2, -0.15) is 0 Å². The number of halogens is 1. The van der Waals surface area contributed by atoms with Crippen LogP contribution >= 0.6 is 22.9 Å². The molecule has 2 N–H and O–H groups in total. The number of hydrogen-bond acceptors (Lipinski definition) is 6. The molecule has 1 heterocycles. The van der Waals surface area contributed by atoms with Crippen LogP contribution in [-0.2, 0) is 27.2 Å². The molecule has 3 rings (SSSR count). The number of hydrogen-bond donors (Lipinski definition) is 2. The second kappa shape index (κ2) is 10.1. The van der Waals surface area contributed by atoms with Crippen molar-refractivity contribution in [2.24, 2.45) is 0 Å². The summed E-state index contributed by atoms with van der Waals surface area (Å²) in [5.41, 5.74) is 1.98. The maximum Gasteiger partial charge on any atom is 0.341 e. The molecule has 0 radical (unpaired) electrons. The molecule has 0 saturated heterocycles. The van der Waals surface area contributed by atoms with Crippen molar-refractivity contribution in [3.63, 3.8) is 0 Å². The lowest BCUT2D eigenvalue weighted by atomic mass is 10.1. The average Bonchev–Trinajstić information content (AvgIpc) is 3.24. The maximum absolute atomic E-state index is 12.5. The van der Waals surface area contributed by atoms with Gasteiger partial charge in [-0.25, -0.2) is 4.79 Å². The SMILES string of the molecule is CCOC(=O)c1c(NC(=O)CN(C)CC(=O)Nc2ccccc2Cl)sc2c1CCC2. The van der Waals surface area contributed by atoms with Gasteiger partial charge >= 0.3 is 5.97 Å². The van der Waals surface area contributed by atoms with Gasteiger partial charge in [0.05, 0.1) is 36.0 Å². The fourth-order valence-electron chi connectivity index (χ4n) is 3.38. The van der Waals surface area contributed by atoms with Crippen LogP contribution in [0, 0.1) is 0 Å². The molecule has 0 bridgehead atoms. The average molecular weight is 450 g/mol. The van der Waals surface area contributed by atoms with E-state index >= 15 is 0 Å². The first kappa shape index (κ1) is 22.3. The smallest absolute Gasteiger partial charge is 0.341 e. The molecule has 7 nitrogen and oxygen atoms in total. The van der Waals surface area contributed by atoms with Crippen LogP contribution in [0.25, 0.3) is 0 Å². The van der Waals surface area contributed by atoms with E-state index in [0.717, 1.165) is 29.7 Å². The number of fused-ring (bicyclic) bond motifs is 1. The van der Waals surface area contributed by atoms with Crippen molar-refractivity contribution in [2.45, 2.75) is 26.2 Å². The zero-order chi connectivity index (χ0) is 21.7. The Morgan fingerprint density at radius 1 is 1.13 bits per heavy atom. The van der Waals surface area contributed by atoms with Gasteiger partial charge in [-0.3, -0.25) is 14.5 Å². The number of benzene rings is 1. The van der Waals surface area contributed by atoms with Gasteiger partial charge < -0.3 is 15.4 Å². The van der Waals surface area contributed by atoms with Gasteiger partial charge in [-0.15, -0.1) is 11.3 Å². The minimum absolute atomic E-state index is 0.000768. The Morgan fingerprint density at radius 3 is 2.53 bits per heavy atom. The molecule has 1 aliphatic carbocycles. The van der Waals surface area contributed by atoms with E-state index in [0.29, 0.717) is 21.3 Å². The number of ether oxygens (including phenoxy) is 1. The summed E-state index contributed by atoms with van der Waals surface area (Å²) in [6.07, 6.45) is 2.73. The molecular weight excluding hydrogens is 426 g/mol. The van der Waals surface area contributed by atoms with Gasteiger partial charge in [0.2, 0.25) is 11.8 Å². The van der Waals surface area contributed by atoms with E-state index in [9.17, 15) is 14.4 Å². The monoisotopic (exact) mass is 449 g/mol. The first-order valence-electron chi connectivity index (χ1n) is 9.73. The summed E-state index contributed by atoms with van der Waals surface area (Å²) >= 11 is 7.47. The Hall–Kier alpha value is -2.42. The molecule has 0 atom stereocenters. The molecule has 0 fully saturated rings. The minimum Gasteiger partial charge on any atom is -0.462 e. The maximum atomic E-state index is 12.5. The van der Waals surface area contributed by atoms with E-state index in [1.807, 2.05) is 0 Å². The highest BCUT2D eigenvalue weighted by molar-refractivity contribution is 7.17. The lowest BCUT2D eigenvalue weighted by Crippen LogP contribution is -2.36. The number of amides is 2. The molecule has 0 spiro atoms. The number of carbonyl (C=O) groups is 3.